The minimum Gasteiger partial charge on any atom is -0.444 e. The smallest absolute Gasteiger partial charge is 0.410 e. The average Bonchev–Trinajstić information content (AvgIpc) is 2.85. The van der Waals surface area contributed by atoms with E-state index >= 15 is 0 Å². The van der Waals surface area contributed by atoms with Gasteiger partial charge in [0.05, 0.1) is 5.69 Å². The summed E-state index contributed by atoms with van der Waals surface area (Å²) in [7, 11) is 0. The Morgan fingerprint density at radius 2 is 2.00 bits per heavy atom. The van der Waals surface area contributed by atoms with Crippen LogP contribution in [0.4, 0.5) is 10.7 Å². The first-order chi connectivity index (χ1) is 17.9. The van der Waals surface area contributed by atoms with Gasteiger partial charge in [0.1, 0.15) is 5.60 Å². The molecule has 38 heavy (non-hydrogen) atoms. The Bertz CT molecular complexity index is 1180. The van der Waals surface area contributed by atoms with Crippen LogP contribution in [0.2, 0.25) is 0 Å². The molecule has 1 N–H and O–H groups in total. The number of nitrogens with zero attached hydrogens (tertiary/aromatic N) is 3. The number of piperidine rings is 1. The van der Waals surface area contributed by atoms with Crippen molar-refractivity contribution in [3.63, 3.8) is 0 Å². The van der Waals surface area contributed by atoms with E-state index in [0.29, 0.717) is 19.0 Å². The lowest BCUT2D eigenvalue weighted by molar-refractivity contribution is 0.0206. The largest absolute Gasteiger partial charge is 0.444 e. The third kappa shape index (κ3) is 7.42. The number of rotatable bonds is 8. The maximum Gasteiger partial charge on any atom is 0.410 e. The molecule has 1 atom stereocenters. The fourth-order valence-electron chi connectivity index (χ4n) is 4.86. The Morgan fingerprint density at radius 1 is 1.26 bits per heavy atom. The van der Waals surface area contributed by atoms with E-state index in [9.17, 15) is 9.59 Å². The molecule has 0 bridgehead atoms. The molecule has 2 heterocycles. The van der Waals surface area contributed by atoms with Crippen molar-refractivity contribution in [2.45, 2.75) is 98.6 Å². The van der Waals surface area contributed by atoms with Crippen molar-refractivity contribution in [3.8, 4) is 0 Å². The van der Waals surface area contributed by atoms with E-state index in [0.717, 1.165) is 59.2 Å². The summed E-state index contributed by atoms with van der Waals surface area (Å²) >= 11 is 0. The maximum absolute atomic E-state index is 12.6. The molecule has 2 aromatic rings. The molecule has 0 spiro atoms. The molecule has 1 aromatic carbocycles. The first-order valence-electron chi connectivity index (χ1n) is 13.9. The van der Waals surface area contributed by atoms with Crippen molar-refractivity contribution in [1.82, 2.24) is 14.9 Å². The Hall–Kier alpha value is -3.22. The molecule has 7 nitrogen and oxygen atoms in total. The SMILES string of the molecule is C/C=C(\c1ccc(C(C)=O)cc1C(C)C)c1nc(NC2CCCN(C(=O)OC(C)(C)C)C2)ncc1CCC. The van der Waals surface area contributed by atoms with Gasteiger partial charge in [0.2, 0.25) is 5.95 Å². The second-order valence-electron chi connectivity index (χ2n) is 11.4. The highest BCUT2D eigenvalue weighted by Gasteiger charge is 2.28. The van der Waals surface area contributed by atoms with E-state index in [-0.39, 0.29) is 23.8 Å². The lowest BCUT2D eigenvalue weighted by Crippen LogP contribution is -2.47. The molecule has 0 aliphatic carbocycles. The number of ketones is 1. The fourth-order valence-corrected chi connectivity index (χ4v) is 4.86. The number of anilines is 1. The van der Waals surface area contributed by atoms with Gasteiger partial charge in [-0.1, -0.05) is 45.4 Å². The molecule has 0 saturated carbocycles. The minimum atomic E-state index is -0.523. The second-order valence-corrected chi connectivity index (χ2v) is 11.4. The van der Waals surface area contributed by atoms with E-state index in [4.69, 9.17) is 9.72 Å². The molecule has 0 radical (unpaired) electrons. The second kappa shape index (κ2) is 12.5. The molecule has 7 heteroatoms. The van der Waals surface area contributed by atoms with E-state index in [1.807, 2.05) is 52.1 Å². The third-order valence-corrected chi connectivity index (χ3v) is 6.70. The summed E-state index contributed by atoms with van der Waals surface area (Å²) in [5.74, 6) is 0.865. The number of ether oxygens (including phenoxy) is 1. The van der Waals surface area contributed by atoms with Gasteiger partial charge >= 0.3 is 6.09 Å². The van der Waals surface area contributed by atoms with Gasteiger partial charge in [-0.25, -0.2) is 14.8 Å². The van der Waals surface area contributed by atoms with Crippen LogP contribution in [-0.2, 0) is 11.2 Å². The van der Waals surface area contributed by atoms with Crippen LogP contribution in [0.3, 0.4) is 0 Å². The van der Waals surface area contributed by atoms with E-state index < -0.39 is 5.60 Å². The zero-order valence-corrected chi connectivity index (χ0v) is 24.4. The number of likely N-dealkylation sites (tertiary alicyclic amines) is 1. The van der Waals surface area contributed by atoms with Crippen molar-refractivity contribution in [1.29, 1.82) is 0 Å². The topological polar surface area (TPSA) is 84.4 Å². The van der Waals surface area contributed by atoms with E-state index in [1.165, 1.54) is 0 Å². The van der Waals surface area contributed by atoms with Crippen LogP contribution >= 0.6 is 0 Å². The number of aromatic nitrogens is 2. The zero-order chi connectivity index (χ0) is 28.0. The number of carbonyl (C=O) groups is 2. The molecule has 1 fully saturated rings. The number of allylic oxidation sites excluding steroid dienone is 1. The quantitative estimate of drug-likeness (QED) is 0.377. The third-order valence-electron chi connectivity index (χ3n) is 6.70. The predicted molar refractivity (Wildman–Crippen MR) is 154 cm³/mol. The molecular formula is C31H44N4O3. The van der Waals surface area contributed by atoms with Gasteiger partial charge in [-0.05, 0) is 82.6 Å². The molecule has 1 aliphatic rings. The highest BCUT2D eigenvalue weighted by atomic mass is 16.6. The van der Waals surface area contributed by atoms with Crippen molar-refractivity contribution >= 4 is 23.4 Å². The average molecular weight is 521 g/mol. The number of benzene rings is 1. The first-order valence-corrected chi connectivity index (χ1v) is 13.9. The number of carbonyl (C=O) groups excluding carboxylic acids is 2. The molecule has 1 unspecified atom stereocenters. The minimum absolute atomic E-state index is 0.0382. The highest BCUT2D eigenvalue weighted by molar-refractivity contribution is 5.95. The molecule has 3 rings (SSSR count). The predicted octanol–water partition coefficient (Wildman–Crippen LogP) is 7.02. The first kappa shape index (κ1) is 29.3. The van der Waals surface area contributed by atoms with Crippen LogP contribution in [-0.4, -0.2) is 51.5 Å². The number of hydrogen-bond acceptors (Lipinski definition) is 6. The lowest BCUT2D eigenvalue weighted by Gasteiger charge is -2.34. The molecule has 1 aliphatic heterocycles. The Balaban J connectivity index is 1.93. The summed E-state index contributed by atoms with van der Waals surface area (Å²) in [6, 6.07) is 6.00. The van der Waals surface area contributed by atoms with E-state index in [1.54, 1.807) is 11.8 Å². The van der Waals surface area contributed by atoms with Crippen molar-refractivity contribution in [2.24, 2.45) is 0 Å². The molecule has 1 amide bonds. The molecule has 206 valence electrons. The number of hydrogen-bond donors (Lipinski definition) is 1. The Labute approximate surface area is 228 Å². The van der Waals surface area contributed by atoms with Crippen molar-refractivity contribution in [2.75, 3.05) is 18.4 Å². The lowest BCUT2D eigenvalue weighted by atomic mass is 9.87. The molecule has 1 saturated heterocycles. The van der Waals surface area contributed by atoms with Gasteiger partial charge in [-0.15, -0.1) is 0 Å². The van der Waals surface area contributed by atoms with Crippen LogP contribution in [0.5, 0.6) is 0 Å². The summed E-state index contributed by atoms with van der Waals surface area (Å²) in [6.07, 6.45) is 7.40. The van der Waals surface area contributed by atoms with Crippen LogP contribution in [0.15, 0.2) is 30.5 Å². The van der Waals surface area contributed by atoms with Crippen LogP contribution in [0.25, 0.3) is 5.57 Å². The van der Waals surface area contributed by atoms with Crippen molar-refractivity contribution in [3.05, 3.63) is 58.4 Å². The molecule has 1 aromatic heterocycles. The number of aryl methyl sites for hydroxylation is 1. The van der Waals surface area contributed by atoms with Crippen LogP contribution in [0.1, 0.15) is 113 Å². The maximum atomic E-state index is 12.6. The van der Waals surface area contributed by atoms with Crippen LogP contribution < -0.4 is 5.32 Å². The summed E-state index contributed by atoms with van der Waals surface area (Å²) in [5, 5.41) is 3.49. The normalized spacial score (nSPS) is 16.5. The number of nitrogens with one attached hydrogen (secondary N) is 1. The van der Waals surface area contributed by atoms with Crippen molar-refractivity contribution < 1.29 is 14.3 Å². The summed E-state index contributed by atoms with van der Waals surface area (Å²) in [6.45, 7) is 17.0. The fraction of sp³-hybridized carbons (Fsp3) is 0.548. The van der Waals surface area contributed by atoms with Gasteiger partial charge in [0.15, 0.2) is 5.78 Å². The summed E-state index contributed by atoms with van der Waals surface area (Å²) in [5.41, 5.74) is 5.45. The van der Waals surface area contributed by atoms with Gasteiger partial charge in [0, 0.05) is 36.5 Å². The van der Waals surface area contributed by atoms with Crippen LogP contribution in [0, 0.1) is 0 Å². The van der Waals surface area contributed by atoms with Gasteiger partial charge < -0.3 is 15.0 Å². The zero-order valence-electron chi connectivity index (χ0n) is 24.4. The monoisotopic (exact) mass is 520 g/mol. The Kier molecular flexibility index (Phi) is 9.69. The van der Waals surface area contributed by atoms with E-state index in [2.05, 4.69) is 37.1 Å². The van der Waals surface area contributed by atoms with Gasteiger partial charge in [-0.3, -0.25) is 4.79 Å². The highest BCUT2D eigenvalue weighted by Crippen LogP contribution is 2.33. The summed E-state index contributed by atoms with van der Waals surface area (Å²) < 4.78 is 5.59. The number of Topliss-reactive ketones (excluding diaryl/α,β-unsaturated/α-hetero) is 1. The van der Waals surface area contributed by atoms with Gasteiger partial charge in [0.25, 0.3) is 0 Å². The standard InChI is InChI=1S/C31H44N4O3/c1-9-12-23-18-32-29(33-24-13-11-16-35(19-24)30(37)38-31(6,7)8)34-28(23)25(10-2)26-15-14-22(21(5)36)17-27(26)20(3)4/h10,14-15,17-18,20,24H,9,11-13,16,19H2,1-8H3,(H,32,33,34)/b25-10+. The molecular weight excluding hydrogens is 476 g/mol. The Morgan fingerprint density at radius 3 is 2.61 bits per heavy atom. The number of amides is 1. The van der Waals surface area contributed by atoms with Gasteiger partial charge in [-0.2, -0.15) is 0 Å². The summed E-state index contributed by atoms with van der Waals surface area (Å²) in [4.78, 5) is 36.2.